The quantitative estimate of drug-likeness (QED) is 0.281. The summed E-state index contributed by atoms with van der Waals surface area (Å²) < 4.78 is 4.61. The smallest absolute Gasteiger partial charge is 0.184 e. The van der Waals surface area contributed by atoms with Crippen LogP contribution in [-0.2, 0) is 4.74 Å². The van der Waals surface area contributed by atoms with Gasteiger partial charge in [-0.05, 0) is 0 Å². The lowest BCUT2D eigenvalue weighted by Crippen LogP contribution is -2.46. The molecule has 1 aliphatic heterocycles. The lowest BCUT2D eigenvalue weighted by molar-refractivity contribution is -0.164. The molecule has 6 atom stereocenters. The highest BCUT2D eigenvalue weighted by Crippen LogP contribution is 2.23. The summed E-state index contributed by atoms with van der Waals surface area (Å²) in [5.74, 6) is 0. The van der Waals surface area contributed by atoms with E-state index in [-0.39, 0.29) is 0 Å². The van der Waals surface area contributed by atoms with Crippen molar-refractivity contribution >= 4 is 0 Å². The molecule has 0 bridgehead atoms. The van der Waals surface area contributed by atoms with Gasteiger partial charge >= 0.3 is 0 Å². The van der Waals surface area contributed by atoms with E-state index in [4.69, 9.17) is 20.4 Å². The first-order valence-electron chi connectivity index (χ1n) is 4.15. The van der Waals surface area contributed by atoms with Crippen LogP contribution in [0.2, 0.25) is 0 Å². The van der Waals surface area contributed by atoms with Crippen LogP contribution in [0, 0.1) is 0 Å². The average molecular weight is 210 g/mol. The Morgan fingerprint density at radius 2 is 1.64 bits per heavy atom. The molecular formula is C7H14O7. The molecule has 7 nitrogen and oxygen atoms in total. The van der Waals surface area contributed by atoms with E-state index in [1.165, 1.54) is 0 Å². The van der Waals surface area contributed by atoms with Crippen LogP contribution >= 0.6 is 0 Å². The zero-order valence-electron chi connectivity index (χ0n) is 7.26. The molecule has 0 amide bonds. The van der Waals surface area contributed by atoms with Crippen LogP contribution in [0.4, 0.5) is 0 Å². The maximum absolute atomic E-state index is 9.31. The van der Waals surface area contributed by atoms with E-state index in [1.54, 1.807) is 0 Å². The summed E-state index contributed by atoms with van der Waals surface area (Å²) >= 11 is 0. The van der Waals surface area contributed by atoms with Crippen LogP contribution in [0.15, 0.2) is 0 Å². The molecule has 1 fully saturated rings. The van der Waals surface area contributed by atoms with Gasteiger partial charge in [0.1, 0.15) is 30.5 Å². The maximum Gasteiger partial charge on any atom is 0.184 e. The van der Waals surface area contributed by atoms with Crippen molar-refractivity contribution in [2.24, 2.45) is 0 Å². The second kappa shape index (κ2) is 4.49. The molecule has 6 N–H and O–H groups in total. The third-order valence-corrected chi connectivity index (χ3v) is 2.19. The summed E-state index contributed by atoms with van der Waals surface area (Å²) in [6.07, 6.45) is -9.01. The third-order valence-electron chi connectivity index (χ3n) is 2.19. The van der Waals surface area contributed by atoms with E-state index in [0.717, 1.165) is 0 Å². The molecule has 7 heteroatoms. The summed E-state index contributed by atoms with van der Waals surface area (Å²) in [6.45, 7) is -0.708. The first-order chi connectivity index (χ1) is 6.49. The average Bonchev–Trinajstić information content (AvgIpc) is 2.43. The molecule has 1 rings (SSSR count). The van der Waals surface area contributed by atoms with Gasteiger partial charge in [0.05, 0.1) is 6.61 Å². The van der Waals surface area contributed by atoms with Crippen molar-refractivity contribution in [3.63, 3.8) is 0 Å². The van der Waals surface area contributed by atoms with Crippen LogP contribution in [0.5, 0.6) is 0 Å². The van der Waals surface area contributed by atoms with Crippen LogP contribution in [0.3, 0.4) is 0 Å². The van der Waals surface area contributed by atoms with Crippen molar-refractivity contribution in [1.29, 1.82) is 0 Å². The van der Waals surface area contributed by atoms with Gasteiger partial charge in [-0.15, -0.1) is 0 Å². The Morgan fingerprint density at radius 1 is 1.07 bits per heavy atom. The van der Waals surface area contributed by atoms with Gasteiger partial charge in [0.25, 0.3) is 0 Å². The summed E-state index contributed by atoms with van der Waals surface area (Å²) in [7, 11) is 0. The van der Waals surface area contributed by atoms with Crippen molar-refractivity contribution in [1.82, 2.24) is 0 Å². The molecule has 14 heavy (non-hydrogen) atoms. The number of hydrogen-bond donors (Lipinski definition) is 6. The molecule has 1 saturated heterocycles. The molecule has 0 radical (unpaired) electrons. The second-order valence-corrected chi connectivity index (χ2v) is 3.21. The normalized spacial score (nSPS) is 42.4. The predicted molar refractivity (Wildman–Crippen MR) is 42.0 cm³/mol. The molecular weight excluding hydrogens is 196 g/mol. The Kier molecular flexibility index (Phi) is 3.78. The van der Waals surface area contributed by atoms with E-state index in [0.29, 0.717) is 0 Å². The molecule has 1 aliphatic rings. The number of aliphatic hydroxyl groups is 6. The fourth-order valence-electron chi connectivity index (χ4n) is 1.29. The second-order valence-electron chi connectivity index (χ2n) is 3.21. The van der Waals surface area contributed by atoms with Crippen molar-refractivity contribution in [3.05, 3.63) is 0 Å². The lowest BCUT2D eigenvalue weighted by atomic mass is 10.0. The van der Waals surface area contributed by atoms with Gasteiger partial charge in [0, 0.05) is 0 Å². The summed E-state index contributed by atoms with van der Waals surface area (Å²) in [4.78, 5) is 0. The maximum atomic E-state index is 9.31. The first-order valence-corrected chi connectivity index (χ1v) is 4.15. The molecule has 0 aromatic heterocycles. The number of aliphatic hydroxyl groups excluding tert-OH is 6. The van der Waals surface area contributed by atoms with Crippen molar-refractivity contribution < 1.29 is 35.4 Å². The third kappa shape index (κ3) is 2.04. The Labute approximate surface area is 79.8 Å². The molecule has 1 heterocycles. The Bertz CT molecular complexity index is 187. The molecule has 0 aliphatic carbocycles. The Morgan fingerprint density at radius 3 is 2.00 bits per heavy atom. The van der Waals surface area contributed by atoms with Gasteiger partial charge in [-0.1, -0.05) is 0 Å². The lowest BCUT2D eigenvalue weighted by Gasteiger charge is -2.23. The van der Waals surface area contributed by atoms with Gasteiger partial charge in [-0.25, -0.2) is 0 Å². The van der Waals surface area contributed by atoms with E-state index < -0.39 is 43.4 Å². The zero-order valence-corrected chi connectivity index (χ0v) is 7.26. The minimum atomic E-state index is -1.60. The SMILES string of the molecule is OCC(O)C(O)C1OC(O)C(O)C1O. The van der Waals surface area contributed by atoms with E-state index >= 15 is 0 Å². The van der Waals surface area contributed by atoms with Gasteiger partial charge in [-0.2, -0.15) is 0 Å². The topological polar surface area (TPSA) is 131 Å². The minimum absolute atomic E-state index is 0.708. The molecule has 84 valence electrons. The highest BCUT2D eigenvalue weighted by atomic mass is 16.6. The van der Waals surface area contributed by atoms with E-state index in [9.17, 15) is 10.2 Å². The zero-order chi connectivity index (χ0) is 10.9. The summed E-state index contributed by atoms with van der Waals surface area (Å²) in [5, 5.41) is 54.1. The van der Waals surface area contributed by atoms with E-state index in [2.05, 4.69) is 4.74 Å². The molecule has 0 aromatic carbocycles. The van der Waals surface area contributed by atoms with Gasteiger partial charge < -0.3 is 35.4 Å². The highest BCUT2D eigenvalue weighted by Gasteiger charge is 2.46. The fourth-order valence-corrected chi connectivity index (χ4v) is 1.29. The summed E-state index contributed by atoms with van der Waals surface area (Å²) in [5.41, 5.74) is 0. The van der Waals surface area contributed by atoms with Gasteiger partial charge in [-0.3, -0.25) is 0 Å². The largest absolute Gasteiger partial charge is 0.394 e. The molecule has 0 saturated carbocycles. The van der Waals surface area contributed by atoms with Crippen LogP contribution in [-0.4, -0.2) is 74.1 Å². The highest BCUT2D eigenvalue weighted by molar-refractivity contribution is 4.92. The Hall–Kier alpha value is -0.280. The number of rotatable bonds is 3. The van der Waals surface area contributed by atoms with Gasteiger partial charge in [0.15, 0.2) is 6.29 Å². The number of hydrogen-bond acceptors (Lipinski definition) is 7. The standard InChI is InChI=1S/C7H14O7/c8-1-2(9)3(10)6-4(11)5(12)7(13)14-6/h2-13H,1H2. The van der Waals surface area contributed by atoms with Crippen molar-refractivity contribution in [3.8, 4) is 0 Å². The monoisotopic (exact) mass is 210 g/mol. The van der Waals surface area contributed by atoms with Crippen LogP contribution in [0.25, 0.3) is 0 Å². The van der Waals surface area contributed by atoms with Crippen molar-refractivity contribution in [2.45, 2.75) is 36.8 Å². The van der Waals surface area contributed by atoms with E-state index in [1.807, 2.05) is 0 Å². The predicted octanol–water partition coefficient (Wildman–Crippen LogP) is -3.86. The molecule has 0 spiro atoms. The number of ether oxygens (including phenoxy) is 1. The Balaban J connectivity index is 2.61. The molecule has 0 aromatic rings. The summed E-state index contributed by atoms with van der Waals surface area (Å²) in [6, 6.07) is 0. The van der Waals surface area contributed by atoms with Crippen LogP contribution < -0.4 is 0 Å². The minimum Gasteiger partial charge on any atom is -0.394 e. The van der Waals surface area contributed by atoms with Crippen molar-refractivity contribution in [2.75, 3.05) is 6.61 Å². The first kappa shape index (κ1) is 11.8. The fraction of sp³-hybridized carbons (Fsp3) is 1.00. The van der Waals surface area contributed by atoms with Crippen LogP contribution in [0.1, 0.15) is 0 Å². The van der Waals surface area contributed by atoms with Gasteiger partial charge in [0.2, 0.25) is 0 Å². The molecule has 6 unspecified atom stereocenters.